The van der Waals surface area contributed by atoms with E-state index in [0.29, 0.717) is 11.2 Å². The smallest absolute Gasteiger partial charge is 0.125 e. The Morgan fingerprint density at radius 2 is 2.27 bits per heavy atom. The van der Waals surface area contributed by atoms with Crippen molar-refractivity contribution in [3.05, 3.63) is 18.3 Å². The average molecular weight is 205 g/mol. The second kappa shape index (κ2) is 3.72. The first-order chi connectivity index (χ1) is 7.07. The van der Waals surface area contributed by atoms with Gasteiger partial charge in [0.05, 0.1) is 0 Å². The van der Waals surface area contributed by atoms with Crippen LogP contribution in [0.5, 0.6) is 0 Å². The highest BCUT2D eigenvalue weighted by Gasteiger charge is 2.26. The first-order valence-corrected chi connectivity index (χ1v) is 5.53. The number of hydrogen-bond acceptors (Lipinski definition) is 3. The molecule has 3 heteroatoms. The van der Waals surface area contributed by atoms with Gasteiger partial charge >= 0.3 is 0 Å². The van der Waals surface area contributed by atoms with E-state index in [1.165, 1.54) is 18.5 Å². The van der Waals surface area contributed by atoms with Crippen molar-refractivity contribution in [2.24, 2.45) is 5.41 Å². The highest BCUT2D eigenvalue weighted by atomic mass is 15.1. The van der Waals surface area contributed by atoms with Crippen LogP contribution in [0.1, 0.15) is 26.7 Å². The molecule has 1 saturated heterocycles. The predicted molar refractivity (Wildman–Crippen MR) is 63.9 cm³/mol. The maximum atomic E-state index is 5.70. The van der Waals surface area contributed by atoms with Gasteiger partial charge in [0.2, 0.25) is 0 Å². The van der Waals surface area contributed by atoms with Crippen LogP contribution in [0.25, 0.3) is 0 Å². The fourth-order valence-electron chi connectivity index (χ4n) is 2.28. The molecule has 0 amide bonds. The molecule has 3 nitrogen and oxygen atoms in total. The van der Waals surface area contributed by atoms with Gasteiger partial charge in [-0.25, -0.2) is 4.98 Å². The molecule has 0 aromatic carbocycles. The van der Waals surface area contributed by atoms with Crippen LogP contribution in [0.4, 0.5) is 11.5 Å². The first-order valence-electron chi connectivity index (χ1n) is 5.53. The van der Waals surface area contributed by atoms with E-state index >= 15 is 0 Å². The Bertz CT molecular complexity index is 346. The van der Waals surface area contributed by atoms with E-state index in [1.54, 1.807) is 6.20 Å². The van der Waals surface area contributed by atoms with E-state index in [0.717, 1.165) is 13.1 Å². The predicted octanol–water partition coefficient (Wildman–Crippen LogP) is 2.29. The summed E-state index contributed by atoms with van der Waals surface area (Å²) in [6.07, 6.45) is 4.35. The number of nitrogen functional groups attached to an aromatic ring is 1. The third kappa shape index (κ3) is 2.41. The van der Waals surface area contributed by atoms with Crippen LogP contribution in [0.15, 0.2) is 18.3 Å². The fourth-order valence-corrected chi connectivity index (χ4v) is 2.28. The topological polar surface area (TPSA) is 42.2 Å². The monoisotopic (exact) mass is 205 g/mol. The van der Waals surface area contributed by atoms with E-state index in [4.69, 9.17) is 5.73 Å². The lowest BCUT2D eigenvalue weighted by Gasteiger charge is -2.39. The van der Waals surface area contributed by atoms with Crippen LogP contribution in [-0.4, -0.2) is 18.1 Å². The molecule has 1 aromatic rings. The van der Waals surface area contributed by atoms with Crippen LogP contribution in [0.2, 0.25) is 0 Å². The van der Waals surface area contributed by atoms with Crippen LogP contribution in [0, 0.1) is 5.41 Å². The molecule has 15 heavy (non-hydrogen) atoms. The van der Waals surface area contributed by atoms with Crippen molar-refractivity contribution in [1.29, 1.82) is 0 Å². The summed E-state index contributed by atoms with van der Waals surface area (Å²) >= 11 is 0. The van der Waals surface area contributed by atoms with Crippen LogP contribution >= 0.6 is 0 Å². The van der Waals surface area contributed by atoms with E-state index in [2.05, 4.69) is 23.7 Å². The summed E-state index contributed by atoms with van der Waals surface area (Å²) in [5, 5.41) is 0. The molecule has 0 bridgehead atoms. The average Bonchev–Trinajstić information content (AvgIpc) is 2.16. The molecule has 1 aromatic heterocycles. The molecule has 1 aliphatic rings. The van der Waals surface area contributed by atoms with Crippen LogP contribution in [-0.2, 0) is 0 Å². The van der Waals surface area contributed by atoms with Gasteiger partial charge in [-0.1, -0.05) is 13.8 Å². The zero-order valence-electron chi connectivity index (χ0n) is 9.53. The van der Waals surface area contributed by atoms with Gasteiger partial charge in [0.15, 0.2) is 0 Å². The highest BCUT2D eigenvalue weighted by Crippen LogP contribution is 2.31. The molecule has 0 atom stereocenters. The van der Waals surface area contributed by atoms with Crippen molar-refractivity contribution >= 4 is 11.5 Å². The number of aromatic nitrogens is 1. The Morgan fingerprint density at radius 3 is 2.93 bits per heavy atom. The van der Waals surface area contributed by atoms with Crippen molar-refractivity contribution in [3.8, 4) is 0 Å². The Morgan fingerprint density at radius 1 is 1.47 bits per heavy atom. The van der Waals surface area contributed by atoms with E-state index < -0.39 is 0 Å². The number of pyridine rings is 1. The minimum atomic E-state index is 0.413. The first kappa shape index (κ1) is 10.3. The second-order valence-electron chi connectivity index (χ2n) is 5.13. The molecule has 82 valence electrons. The van der Waals surface area contributed by atoms with Gasteiger partial charge in [0.1, 0.15) is 5.82 Å². The Balaban J connectivity index is 2.17. The number of anilines is 2. The number of nitrogens with two attached hydrogens (primary N) is 1. The van der Waals surface area contributed by atoms with E-state index in [-0.39, 0.29) is 0 Å². The maximum absolute atomic E-state index is 5.70. The highest BCUT2D eigenvalue weighted by molar-refractivity contribution is 5.52. The SMILES string of the molecule is CC1(C)CCCN(c2ccnc(N)c2)C1. The summed E-state index contributed by atoms with van der Waals surface area (Å²) in [5.41, 5.74) is 7.31. The van der Waals surface area contributed by atoms with Crippen molar-refractivity contribution in [1.82, 2.24) is 4.98 Å². The lowest BCUT2D eigenvalue weighted by atomic mass is 9.84. The van der Waals surface area contributed by atoms with Gasteiger partial charge in [-0.15, -0.1) is 0 Å². The maximum Gasteiger partial charge on any atom is 0.125 e. The molecular weight excluding hydrogens is 186 g/mol. The van der Waals surface area contributed by atoms with Gasteiger partial charge in [0, 0.05) is 31.0 Å². The minimum Gasteiger partial charge on any atom is -0.384 e. The largest absolute Gasteiger partial charge is 0.384 e. The second-order valence-corrected chi connectivity index (χ2v) is 5.13. The summed E-state index contributed by atoms with van der Waals surface area (Å²) < 4.78 is 0. The van der Waals surface area contributed by atoms with E-state index in [9.17, 15) is 0 Å². The molecule has 1 aliphatic heterocycles. The molecule has 0 aliphatic carbocycles. The molecule has 2 heterocycles. The van der Waals surface area contributed by atoms with Crippen molar-refractivity contribution in [2.75, 3.05) is 23.7 Å². The zero-order valence-corrected chi connectivity index (χ0v) is 9.53. The Kier molecular flexibility index (Phi) is 2.55. The standard InChI is InChI=1S/C12H19N3/c1-12(2)5-3-7-15(9-12)10-4-6-14-11(13)8-10/h4,6,8H,3,5,7,9H2,1-2H3,(H2,13,14). The van der Waals surface area contributed by atoms with Gasteiger partial charge in [-0.05, 0) is 24.3 Å². The van der Waals surface area contributed by atoms with Crippen molar-refractivity contribution in [2.45, 2.75) is 26.7 Å². The number of rotatable bonds is 1. The molecule has 2 N–H and O–H groups in total. The van der Waals surface area contributed by atoms with Crippen LogP contribution in [0.3, 0.4) is 0 Å². The van der Waals surface area contributed by atoms with Gasteiger partial charge < -0.3 is 10.6 Å². The Hall–Kier alpha value is -1.25. The van der Waals surface area contributed by atoms with Crippen molar-refractivity contribution < 1.29 is 0 Å². The summed E-state index contributed by atoms with van der Waals surface area (Å²) in [7, 11) is 0. The normalized spacial score (nSPS) is 20.3. The van der Waals surface area contributed by atoms with E-state index in [1.807, 2.05) is 12.1 Å². The molecule has 0 unspecified atom stereocenters. The third-order valence-electron chi connectivity index (χ3n) is 3.03. The van der Waals surface area contributed by atoms with Crippen LogP contribution < -0.4 is 10.6 Å². The minimum absolute atomic E-state index is 0.413. The third-order valence-corrected chi connectivity index (χ3v) is 3.03. The number of nitrogens with zero attached hydrogens (tertiary/aromatic N) is 2. The zero-order chi connectivity index (χ0) is 10.9. The summed E-state index contributed by atoms with van der Waals surface area (Å²) in [6, 6.07) is 4.00. The molecular formula is C12H19N3. The molecule has 0 saturated carbocycles. The number of piperidine rings is 1. The van der Waals surface area contributed by atoms with Gasteiger partial charge in [0.25, 0.3) is 0 Å². The summed E-state index contributed by atoms with van der Waals surface area (Å²) in [4.78, 5) is 6.43. The molecule has 2 rings (SSSR count). The van der Waals surface area contributed by atoms with Crippen molar-refractivity contribution in [3.63, 3.8) is 0 Å². The lowest BCUT2D eigenvalue weighted by Crippen LogP contribution is -2.40. The quantitative estimate of drug-likeness (QED) is 0.765. The van der Waals surface area contributed by atoms with Gasteiger partial charge in [-0.2, -0.15) is 0 Å². The summed E-state index contributed by atoms with van der Waals surface area (Å²) in [6.45, 7) is 6.89. The number of hydrogen-bond donors (Lipinski definition) is 1. The molecule has 1 fully saturated rings. The molecule has 0 radical (unpaired) electrons. The lowest BCUT2D eigenvalue weighted by molar-refractivity contribution is 0.293. The Labute approximate surface area is 91.3 Å². The fraction of sp³-hybridized carbons (Fsp3) is 0.583. The van der Waals surface area contributed by atoms with Gasteiger partial charge in [-0.3, -0.25) is 0 Å². The molecule has 0 spiro atoms. The summed E-state index contributed by atoms with van der Waals surface area (Å²) in [5.74, 6) is 0.607.